The Balaban J connectivity index is 0.000000101. The van der Waals surface area contributed by atoms with Crippen LogP contribution in [0.1, 0.15) is 11.1 Å². The molecule has 10 rings (SSSR count). The van der Waals surface area contributed by atoms with Gasteiger partial charge in [0.05, 0.1) is 0 Å². The zero-order chi connectivity index (χ0) is 29.3. The van der Waals surface area contributed by atoms with Crippen molar-refractivity contribution in [1.29, 1.82) is 0 Å². The average molecular weight is 563 g/mol. The maximum Gasteiger partial charge on any atom is 0.135 e. The van der Waals surface area contributed by atoms with E-state index in [0.717, 1.165) is 17.6 Å². The van der Waals surface area contributed by atoms with Crippen molar-refractivity contribution >= 4 is 54.3 Å². The Hall–Kier alpha value is -5.66. The van der Waals surface area contributed by atoms with Crippen molar-refractivity contribution < 1.29 is 4.42 Å². The van der Waals surface area contributed by atoms with Crippen molar-refractivity contribution in [3.8, 4) is 11.1 Å². The predicted molar refractivity (Wildman–Crippen MR) is 187 cm³/mol. The maximum absolute atomic E-state index is 5.65. The highest BCUT2D eigenvalue weighted by Crippen LogP contribution is 2.36. The van der Waals surface area contributed by atoms with E-state index in [4.69, 9.17) is 4.42 Å². The van der Waals surface area contributed by atoms with Gasteiger partial charge in [0.25, 0.3) is 0 Å². The van der Waals surface area contributed by atoms with E-state index in [0.29, 0.717) is 0 Å². The van der Waals surface area contributed by atoms with E-state index in [9.17, 15) is 0 Å². The molecule has 0 saturated heterocycles. The fourth-order valence-corrected chi connectivity index (χ4v) is 6.61. The molecule has 0 saturated carbocycles. The van der Waals surface area contributed by atoms with Gasteiger partial charge in [-0.05, 0) is 73.1 Å². The van der Waals surface area contributed by atoms with E-state index < -0.39 is 0 Å². The number of rotatable bonds is 0. The maximum atomic E-state index is 5.65. The minimum absolute atomic E-state index is 0.962. The van der Waals surface area contributed by atoms with Gasteiger partial charge in [0.15, 0.2) is 0 Å². The highest BCUT2D eigenvalue weighted by Gasteiger charge is 2.16. The summed E-state index contributed by atoms with van der Waals surface area (Å²) in [7, 11) is 0. The Labute approximate surface area is 256 Å². The summed E-state index contributed by atoms with van der Waals surface area (Å²) in [5.74, 6) is 0. The van der Waals surface area contributed by atoms with Gasteiger partial charge in [-0.15, -0.1) is 0 Å². The number of fused-ring (bicyclic) bond motifs is 12. The minimum atomic E-state index is 0.962. The van der Waals surface area contributed by atoms with Crippen LogP contribution in [0.2, 0.25) is 0 Å². The number of hydrogen-bond acceptors (Lipinski definition) is 1. The number of benzene rings is 8. The van der Waals surface area contributed by atoms with Crippen molar-refractivity contribution in [2.45, 2.75) is 6.42 Å². The van der Waals surface area contributed by atoms with Gasteiger partial charge in [0, 0.05) is 10.8 Å². The third kappa shape index (κ3) is 4.60. The molecule has 0 radical (unpaired) electrons. The molecular weight excluding hydrogens is 532 g/mol. The zero-order valence-corrected chi connectivity index (χ0v) is 24.3. The molecule has 0 fully saturated rings. The summed E-state index contributed by atoms with van der Waals surface area (Å²) in [4.78, 5) is 0. The molecule has 0 bridgehead atoms. The molecule has 208 valence electrons. The van der Waals surface area contributed by atoms with Crippen molar-refractivity contribution in [1.82, 2.24) is 0 Å². The van der Waals surface area contributed by atoms with Crippen molar-refractivity contribution in [3.63, 3.8) is 0 Å². The molecule has 1 aromatic heterocycles. The first-order valence-electron chi connectivity index (χ1n) is 15.2. The first-order chi connectivity index (χ1) is 21.8. The molecule has 1 nitrogen and oxygen atoms in total. The second-order valence-corrected chi connectivity index (χ2v) is 11.2. The summed E-state index contributed by atoms with van der Waals surface area (Å²) >= 11 is 0. The Morgan fingerprint density at radius 3 is 0.909 bits per heavy atom. The summed E-state index contributed by atoms with van der Waals surface area (Å²) in [6.07, 6.45) is 1.10. The summed E-state index contributed by atoms with van der Waals surface area (Å²) < 4.78 is 5.65. The largest absolute Gasteiger partial charge is 0.456 e. The minimum Gasteiger partial charge on any atom is -0.456 e. The van der Waals surface area contributed by atoms with Crippen LogP contribution in [0.5, 0.6) is 0 Å². The fourth-order valence-electron chi connectivity index (χ4n) is 6.61. The normalized spacial score (nSPS) is 11.5. The van der Waals surface area contributed by atoms with Gasteiger partial charge < -0.3 is 4.42 Å². The standard InChI is InChI=1S/C18H12.C13H10.C12H8O/c1-2-8-14-13(7-1)15-9-3-4-11-17(15)18-12-6-5-10-16(14)18;1-3-7-12-10(5-1)9-11-6-2-4-8-13(11)12;1-3-7-11-9(5-1)10-6-2-4-8-12(10)13-11/h1-12H;1-8H,9H2;1-8H. The van der Waals surface area contributed by atoms with Gasteiger partial charge in [-0.2, -0.15) is 0 Å². The number of furan rings is 1. The highest BCUT2D eigenvalue weighted by molar-refractivity contribution is 6.25. The van der Waals surface area contributed by atoms with Crippen molar-refractivity contribution in [3.05, 3.63) is 181 Å². The Bertz CT molecular complexity index is 2110. The molecule has 44 heavy (non-hydrogen) atoms. The van der Waals surface area contributed by atoms with Crippen LogP contribution in [-0.4, -0.2) is 0 Å². The Morgan fingerprint density at radius 1 is 0.273 bits per heavy atom. The van der Waals surface area contributed by atoms with Crippen LogP contribution in [-0.2, 0) is 6.42 Å². The number of para-hydroxylation sites is 2. The molecule has 8 aromatic carbocycles. The summed E-state index contributed by atoms with van der Waals surface area (Å²) in [6, 6.07) is 59.5. The Morgan fingerprint density at radius 2 is 0.545 bits per heavy atom. The van der Waals surface area contributed by atoms with E-state index in [1.807, 2.05) is 36.4 Å². The predicted octanol–water partition coefficient (Wildman–Crippen LogP) is 12.0. The lowest BCUT2D eigenvalue weighted by atomic mass is 9.95. The molecule has 1 heterocycles. The van der Waals surface area contributed by atoms with Gasteiger partial charge in [0.2, 0.25) is 0 Å². The summed E-state index contributed by atoms with van der Waals surface area (Å²) in [6.45, 7) is 0. The first kappa shape index (κ1) is 26.0. The first-order valence-corrected chi connectivity index (χ1v) is 15.2. The van der Waals surface area contributed by atoms with Gasteiger partial charge in [-0.25, -0.2) is 0 Å². The molecule has 1 heteroatoms. The van der Waals surface area contributed by atoms with Crippen LogP contribution in [0.4, 0.5) is 0 Å². The molecule has 1 aliphatic rings. The van der Waals surface area contributed by atoms with Gasteiger partial charge in [-0.3, -0.25) is 0 Å². The van der Waals surface area contributed by atoms with Gasteiger partial charge in [0.1, 0.15) is 11.2 Å². The second kappa shape index (κ2) is 11.2. The van der Waals surface area contributed by atoms with Gasteiger partial charge in [-0.1, -0.05) is 158 Å². The average Bonchev–Trinajstić information content (AvgIpc) is 3.68. The van der Waals surface area contributed by atoms with Crippen LogP contribution >= 0.6 is 0 Å². The van der Waals surface area contributed by atoms with Crippen LogP contribution in [0.25, 0.3) is 65.4 Å². The van der Waals surface area contributed by atoms with Crippen LogP contribution in [0.3, 0.4) is 0 Å². The number of hydrogen-bond donors (Lipinski definition) is 0. The second-order valence-electron chi connectivity index (χ2n) is 11.2. The monoisotopic (exact) mass is 562 g/mol. The van der Waals surface area contributed by atoms with Crippen LogP contribution < -0.4 is 0 Å². The fraction of sp³-hybridized carbons (Fsp3) is 0.0233. The van der Waals surface area contributed by atoms with Crippen molar-refractivity contribution in [2.75, 3.05) is 0 Å². The molecule has 0 atom stereocenters. The SMILES string of the molecule is c1ccc2c(c1)Cc1ccccc1-2.c1ccc2c(c1)c1ccccc1c1ccccc21.c1ccc2c(c1)oc1ccccc12. The highest BCUT2D eigenvalue weighted by atomic mass is 16.3. The molecule has 0 spiro atoms. The molecule has 9 aromatic rings. The third-order valence-corrected chi connectivity index (χ3v) is 8.64. The van der Waals surface area contributed by atoms with E-state index >= 15 is 0 Å². The third-order valence-electron chi connectivity index (χ3n) is 8.64. The van der Waals surface area contributed by atoms with Crippen LogP contribution in [0.15, 0.2) is 174 Å². The van der Waals surface area contributed by atoms with Crippen molar-refractivity contribution in [2.24, 2.45) is 0 Å². The van der Waals surface area contributed by atoms with Crippen LogP contribution in [0, 0.1) is 0 Å². The quantitative estimate of drug-likeness (QED) is 0.168. The zero-order valence-electron chi connectivity index (χ0n) is 24.3. The lowest BCUT2D eigenvalue weighted by Crippen LogP contribution is -1.81. The Kier molecular flexibility index (Phi) is 6.62. The topological polar surface area (TPSA) is 13.1 Å². The lowest BCUT2D eigenvalue weighted by molar-refractivity contribution is 0.669. The lowest BCUT2D eigenvalue weighted by Gasteiger charge is -2.09. The smallest absolute Gasteiger partial charge is 0.135 e. The molecule has 0 unspecified atom stereocenters. The summed E-state index contributed by atoms with van der Waals surface area (Å²) in [5.41, 5.74) is 7.68. The van der Waals surface area contributed by atoms with E-state index in [2.05, 4.69) is 133 Å². The van der Waals surface area contributed by atoms with Gasteiger partial charge >= 0.3 is 0 Å². The van der Waals surface area contributed by atoms with E-state index in [1.165, 1.54) is 65.3 Å². The molecule has 0 N–H and O–H groups in total. The van der Waals surface area contributed by atoms with E-state index in [-0.39, 0.29) is 0 Å². The molecule has 1 aliphatic carbocycles. The molecule has 0 amide bonds. The molecular formula is C43H30O. The summed E-state index contributed by atoms with van der Waals surface area (Å²) in [5, 5.41) is 10.4. The van der Waals surface area contributed by atoms with E-state index in [1.54, 1.807) is 0 Å². The molecule has 0 aliphatic heterocycles.